The summed E-state index contributed by atoms with van der Waals surface area (Å²) >= 11 is 0. The first-order chi connectivity index (χ1) is 13.4. The van der Waals surface area contributed by atoms with Crippen molar-refractivity contribution in [3.05, 3.63) is 23.8 Å². The Morgan fingerprint density at radius 2 is 1.71 bits per heavy atom. The van der Waals surface area contributed by atoms with E-state index in [-0.39, 0.29) is 11.9 Å². The number of piperazine rings is 1. The highest BCUT2D eigenvalue weighted by Crippen LogP contribution is 2.34. The molecule has 1 saturated heterocycles. The molecule has 7 heteroatoms. The second kappa shape index (κ2) is 7.76. The molecule has 6 nitrogen and oxygen atoms in total. The predicted molar refractivity (Wildman–Crippen MR) is 110 cm³/mol. The Kier molecular flexibility index (Phi) is 5.51. The zero-order valence-electron chi connectivity index (χ0n) is 16.9. The van der Waals surface area contributed by atoms with Crippen LogP contribution in [-0.2, 0) is 21.2 Å². The van der Waals surface area contributed by atoms with E-state index < -0.39 is 10.0 Å². The quantitative estimate of drug-likeness (QED) is 0.776. The molecule has 0 bridgehead atoms. The van der Waals surface area contributed by atoms with Crippen molar-refractivity contribution in [1.82, 2.24) is 9.21 Å². The lowest BCUT2D eigenvalue weighted by atomic mass is 9.94. The van der Waals surface area contributed by atoms with E-state index >= 15 is 0 Å². The normalized spacial score (nSPS) is 25.1. The number of carbonyl (C=O) groups excluding carboxylic acids is 1. The van der Waals surface area contributed by atoms with E-state index in [0.717, 1.165) is 24.3 Å². The SMILES string of the molecule is CC(=O)N1c2ccc(S(=O)(=O)N3CCN(C4CCCCC4)CC3)cc2CC1C. The van der Waals surface area contributed by atoms with Gasteiger partial charge in [0, 0.05) is 50.9 Å². The fourth-order valence-corrected chi connectivity index (χ4v) is 6.63. The van der Waals surface area contributed by atoms with Crippen molar-refractivity contribution >= 4 is 21.6 Å². The summed E-state index contributed by atoms with van der Waals surface area (Å²) in [5.41, 5.74) is 1.80. The minimum atomic E-state index is -3.49. The molecule has 0 spiro atoms. The molecule has 1 aliphatic carbocycles. The summed E-state index contributed by atoms with van der Waals surface area (Å²) in [4.78, 5) is 16.5. The molecule has 1 amide bonds. The number of nitrogens with zero attached hydrogens (tertiary/aromatic N) is 3. The summed E-state index contributed by atoms with van der Waals surface area (Å²) in [7, 11) is -3.49. The second-order valence-corrected chi connectivity index (χ2v) is 10.4. The first-order valence-electron chi connectivity index (χ1n) is 10.5. The number of sulfonamides is 1. The molecule has 1 atom stereocenters. The van der Waals surface area contributed by atoms with Crippen molar-refractivity contribution in [1.29, 1.82) is 0 Å². The van der Waals surface area contributed by atoms with E-state index in [4.69, 9.17) is 0 Å². The predicted octanol–water partition coefficient (Wildman–Crippen LogP) is 2.62. The number of rotatable bonds is 3. The lowest BCUT2D eigenvalue weighted by molar-refractivity contribution is -0.116. The van der Waals surface area contributed by atoms with Gasteiger partial charge in [0.15, 0.2) is 0 Å². The van der Waals surface area contributed by atoms with E-state index in [9.17, 15) is 13.2 Å². The zero-order valence-corrected chi connectivity index (χ0v) is 17.7. The number of anilines is 1. The van der Waals surface area contributed by atoms with Gasteiger partial charge >= 0.3 is 0 Å². The maximum atomic E-state index is 13.2. The van der Waals surface area contributed by atoms with Gasteiger partial charge in [-0.1, -0.05) is 19.3 Å². The molecule has 0 aromatic heterocycles. The third-order valence-electron chi connectivity index (χ3n) is 6.61. The maximum Gasteiger partial charge on any atom is 0.243 e. The van der Waals surface area contributed by atoms with Crippen LogP contribution in [0, 0.1) is 0 Å². The van der Waals surface area contributed by atoms with E-state index in [2.05, 4.69) is 4.90 Å². The fourth-order valence-electron chi connectivity index (χ4n) is 5.15. The molecule has 1 aromatic rings. The van der Waals surface area contributed by atoms with Crippen LogP contribution in [0.25, 0.3) is 0 Å². The topological polar surface area (TPSA) is 60.9 Å². The molecule has 2 fully saturated rings. The zero-order chi connectivity index (χ0) is 19.9. The van der Waals surface area contributed by atoms with Gasteiger partial charge in [0.05, 0.1) is 4.90 Å². The van der Waals surface area contributed by atoms with Gasteiger partial charge in [-0.05, 0) is 49.9 Å². The van der Waals surface area contributed by atoms with Crippen LogP contribution in [0.4, 0.5) is 5.69 Å². The summed E-state index contributed by atoms with van der Waals surface area (Å²) in [6.45, 7) is 6.33. The van der Waals surface area contributed by atoms with E-state index in [0.29, 0.717) is 30.4 Å². The Hall–Kier alpha value is -1.44. The summed E-state index contributed by atoms with van der Waals surface area (Å²) < 4.78 is 28.0. The van der Waals surface area contributed by atoms with Gasteiger partial charge < -0.3 is 4.90 Å². The Morgan fingerprint density at radius 1 is 1.04 bits per heavy atom. The number of hydrogen-bond donors (Lipinski definition) is 0. The molecule has 1 saturated carbocycles. The molecule has 1 aromatic carbocycles. The Morgan fingerprint density at radius 3 is 2.36 bits per heavy atom. The van der Waals surface area contributed by atoms with Crippen LogP contribution in [0.15, 0.2) is 23.1 Å². The van der Waals surface area contributed by atoms with Crippen molar-refractivity contribution in [2.24, 2.45) is 0 Å². The highest BCUT2D eigenvalue weighted by Gasteiger charge is 2.34. The molecule has 2 aliphatic heterocycles. The minimum Gasteiger partial charge on any atom is -0.309 e. The molecule has 1 unspecified atom stereocenters. The van der Waals surface area contributed by atoms with Crippen molar-refractivity contribution in [2.75, 3.05) is 31.1 Å². The third-order valence-corrected chi connectivity index (χ3v) is 8.50. The first kappa shape index (κ1) is 19.9. The highest BCUT2D eigenvalue weighted by atomic mass is 32.2. The number of amides is 1. The van der Waals surface area contributed by atoms with Gasteiger partial charge in [-0.3, -0.25) is 9.69 Å². The average Bonchev–Trinajstić information content (AvgIpc) is 3.04. The molecule has 28 heavy (non-hydrogen) atoms. The lowest BCUT2D eigenvalue weighted by Gasteiger charge is -2.40. The monoisotopic (exact) mass is 405 g/mol. The largest absolute Gasteiger partial charge is 0.309 e. The van der Waals surface area contributed by atoms with Gasteiger partial charge in [0.25, 0.3) is 0 Å². The molecule has 3 aliphatic rings. The minimum absolute atomic E-state index is 0.000641. The van der Waals surface area contributed by atoms with Gasteiger partial charge in [-0.15, -0.1) is 0 Å². The van der Waals surface area contributed by atoms with Gasteiger partial charge in [0.1, 0.15) is 0 Å². The number of hydrogen-bond acceptors (Lipinski definition) is 4. The van der Waals surface area contributed by atoms with Crippen LogP contribution in [0.1, 0.15) is 51.5 Å². The van der Waals surface area contributed by atoms with E-state index in [1.807, 2.05) is 6.92 Å². The van der Waals surface area contributed by atoms with Crippen molar-refractivity contribution in [3.8, 4) is 0 Å². The first-order valence-corrected chi connectivity index (χ1v) is 12.0. The number of carbonyl (C=O) groups is 1. The van der Waals surface area contributed by atoms with E-state index in [1.54, 1.807) is 34.3 Å². The smallest absolute Gasteiger partial charge is 0.243 e. The van der Waals surface area contributed by atoms with Crippen molar-refractivity contribution in [2.45, 2.75) is 69.4 Å². The fraction of sp³-hybridized carbons (Fsp3) is 0.667. The molecule has 0 N–H and O–H groups in total. The Balaban J connectivity index is 1.48. The standard InChI is InChI=1S/C21H31N3O3S/c1-16-14-18-15-20(8-9-21(18)24(16)17(2)25)28(26,27)23-12-10-22(11-13-23)19-6-4-3-5-7-19/h8-9,15-16,19H,3-7,10-14H2,1-2H3. The molecular weight excluding hydrogens is 374 g/mol. The number of fused-ring (bicyclic) bond motifs is 1. The molecule has 2 heterocycles. The maximum absolute atomic E-state index is 13.2. The van der Waals surface area contributed by atoms with Crippen LogP contribution < -0.4 is 4.90 Å². The second-order valence-electron chi connectivity index (χ2n) is 8.46. The molecule has 4 rings (SSSR count). The van der Waals surface area contributed by atoms with Crippen molar-refractivity contribution in [3.63, 3.8) is 0 Å². The highest BCUT2D eigenvalue weighted by molar-refractivity contribution is 7.89. The Bertz CT molecular complexity index is 840. The van der Waals surface area contributed by atoms with Crippen LogP contribution >= 0.6 is 0 Å². The molecule has 0 radical (unpaired) electrons. The van der Waals surface area contributed by atoms with Crippen molar-refractivity contribution < 1.29 is 13.2 Å². The van der Waals surface area contributed by atoms with Gasteiger partial charge in [0.2, 0.25) is 15.9 Å². The third kappa shape index (κ3) is 3.60. The molecule has 154 valence electrons. The summed E-state index contributed by atoms with van der Waals surface area (Å²) in [6.07, 6.45) is 7.14. The van der Waals surface area contributed by atoms with Crippen LogP contribution in [0.2, 0.25) is 0 Å². The van der Waals surface area contributed by atoms with Gasteiger partial charge in [-0.2, -0.15) is 4.31 Å². The summed E-state index contributed by atoms with van der Waals surface area (Å²) in [5.74, 6) is 0.000641. The van der Waals surface area contributed by atoms with Gasteiger partial charge in [-0.25, -0.2) is 8.42 Å². The van der Waals surface area contributed by atoms with E-state index in [1.165, 1.54) is 32.1 Å². The molecular formula is C21H31N3O3S. The van der Waals surface area contributed by atoms with Crippen LogP contribution in [-0.4, -0.2) is 61.8 Å². The lowest BCUT2D eigenvalue weighted by Crippen LogP contribution is -2.52. The van der Waals surface area contributed by atoms with Crippen LogP contribution in [0.3, 0.4) is 0 Å². The average molecular weight is 406 g/mol. The Labute approximate surface area is 168 Å². The summed E-state index contributed by atoms with van der Waals surface area (Å²) in [5, 5.41) is 0. The number of benzene rings is 1. The van der Waals surface area contributed by atoms with Crippen LogP contribution in [0.5, 0.6) is 0 Å². The summed E-state index contributed by atoms with van der Waals surface area (Å²) in [6, 6.07) is 5.95.